The van der Waals surface area contributed by atoms with Crippen LogP contribution in [-0.4, -0.2) is 65.8 Å². The van der Waals surface area contributed by atoms with E-state index >= 15 is 0 Å². The van der Waals surface area contributed by atoms with E-state index in [1.165, 1.54) is 12.1 Å². The third-order valence-electron chi connectivity index (χ3n) is 5.38. The van der Waals surface area contributed by atoms with E-state index in [0.717, 1.165) is 31.5 Å². The van der Waals surface area contributed by atoms with Crippen molar-refractivity contribution in [3.05, 3.63) is 34.6 Å². The van der Waals surface area contributed by atoms with Gasteiger partial charge in [0.25, 0.3) is 0 Å². The lowest BCUT2D eigenvalue weighted by Crippen LogP contribution is -2.51. The number of piperidine rings is 1. The molecule has 0 spiro atoms. The molecule has 0 atom stereocenters. The Hall–Kier alpha value is -1.66. The molecule has 1 aromatic rings. The molecule has 2 amide bonds. The maximum Gasteiger partial charge on any atom is 0.225 e. The van der Waals surface area contributed by atoms with E-state index in [9.17, 15) is 14.0 Å². The number of carbonyl (C=O) groups is 2. The van der Waals surface area contributed by atoms with Crippen molar-refractivity contribution < 1.29 is 14.0 Å². The number of carbonyl (C=O) groups excluding carboxylic acids is 2. The van der Waals surface area contributed by atoms with E-state index in [2.05, 4.69) is 4.90 Å². The Balaban J connectivity index is 1.47. The van der Waals surface area contributed by atoms with Crippen LogP contribution >= 0.6 is 11.6 Å². The lowest BCUT2D eigenvalue weighted by atomic mass is 9.95. The van der Waals surface area contributed by atoms with Crippen LogP contribution in [0.1, 0.15) is 25.3 Å². The van der Waals surface area contributed by atoms with Crippen molar-refractivity contribution in [2.75, 3.05) is 39.3 Å². The first-order chi connectivity index (χ1) is 12.4. The molecule has 0 aliphatic carbocycles. The fourth-order valence-electron chi connectivity index (χ4n) is 3.72. The average Bonchev–Trinajstić information content (AvgIpc) is 2.64. The van der Waals surface area contributed by atoms with Gasteiger partial charge in [-0.1, -0.05) is 17.7 Å². The van der Waals surface area contributed by atoms with Gasteiger partial charge in [-0.05, 0) is 30.5 Å². The molecule has 5 nitrogen and oxygen atoms in total. The molecule has 0 bridgehead atoms. The standard InChI is InChI=1S/C19H25ClFN3O2/c1-14(25)23-6-4-15(5-7-23)19(26)24-10-8-22(9-11-24)13-16-2-3-17(21)12-18(16)20/h2-3,12,15H,4-11,13H2,1H3. The Morgan fingerprint density at radius 1 is 1.08 bits per heavy atom. The summed E-state index contributed by atoms with van der Waals surface area (Å²) in [5.74, 6) is 0.00492. The molecular weight excluding hydrogens is 357 g/mol. The van der Waals surface area contributed by atoms with Gasteiger partial charge in [0, 0.05) is 63.7 Å². The Kier molecular flexibility index (Phi) is 6.14. The molecule has 0 aromatic heterocycles. The van der Waals surface area contributed by atoms with Crippen LogP contribution < -0.4 is 0 Å². The molecule has 2 heterocycles. The molecule has 7 heteroatoms. The summed E-state index contributed by atoms with van der Waals surface area (Å²) in [5.41, 5.74) is 0.907. The zero-order valence-corrected chi connectivity index (χ0v) is 15.8. The van der Waals surface area contributed by atoms with Crippen molar-refractivity contribution in [2.45, 2.75) is 26.3 Å². The topological polar surface area (TPSA) is 43.9 Å². The summed E-state index contributed by atoms with van der Waals surface area (Å²) in [7, 11) is 0. The smallest absolute Gasteiger partial charge is 0.225 e. The fourth-order valence-corrected chi connectivity index (χ4v) is 3.94. The monoisotopic (exact) mass is 381 g/mol. The van der Waals surface area contributed by atoms with Gasteiger partial charge in [0.15, 0.2) is 0 Å². The number of benzene rings is 1. The largest absolute Gasteiger partial charge is 0.343 e. The normalized spacial score (nSPS) is 19.7. The maximum atomic E-state index is 13.1. The molecule has 2 fully saturated rings. The first-order valence-electron chi connectivity index (χ1n) is 9.14. The maximum absolute atomic E-state index is 13.1. The van der Waals surface area contributed by atoms with Crippen molar-refractivity contribution in [2.24, 2.45) is 5.92 Å². The van der Waals surface area contributed by atoms with E-state index < -0.39 is 0 Å². The molecular formula is C19H25ClFN3O2. The zero-order chi connectivity index (χ0) is 18.7. The highest BCUT2D eigenvalue weighted by Crippen LogP contribution is 2.22. The molecule has 1 aromatic carbocycles. The molecule has 0 unspecified atom stereocenters. The number of likely N-dealkylation sites (tertiary alicyclic amines) is 1. The van der Waals surface area contributed by atoms with Gasteiger partial charge >= 0.3 is 0 Å². The minimum absolute atomic E-state index is 0.0312. The van der Waals surface area contributed by atoms with Crippen LogP contribution in [0, 0.1) is 11.7 Å². The highest BCUT2D eigenvalue weighted by atomic mass is 35.5. The summed E-state index contributed by atoms with van der Waals surface area (Å²) < 4.78 is 13.1. The van der Waals surface area contributed by atoms with Gasteiger partial charge in [-0.2, -0.15) is 0 Å². The van der Waals surface area contributed by atoms with Crippen molar-refractivity contribution in [1.29, 1.82) is 0 Å². The summed E-state index contributed by atoms with van der Waals surface area (Å²) in [6.07, 6.45) is 1.51. The summed E-state index contributed by atoms with van der Waals surface area (Å²) in [5, 5.41) is 0.445. The summed E-state index contributed by atoms with van der Waals surface area (Å²) in [6.45, 7) is 6.56. The van der Waals surface area contributed by atoms with Crippen molar-refractivity contribution in [1.82, 2.24) is 14.7 Å². The third-order valence-corrected chi connectivity index (χ3v) is 5.73. The van der Waals surface area contributed by atoms with Gasteiger partial charge in [0.2, 0.25) is 11.8 Å². The molecule has 2 aliphatic rings. The first kappa shape index (κ1) is 19.1. The lowest BCUT2D eigenvalue weighted by molar-refractivity contribution is -0.141. The molecule has 2 saturated heterocycles. The number of rotatable bonds is 3. The minimum Gasteiger partial charge on any atom is -0.343 e. The Morgan fingerprint density at radius 3 is 2.31 bits per heavy atom. The highest BCUT2D eigenvalue weighted by molar-refractivity contribution is 6.31. The molecule has 142 valence electrons. The quantitative estimate of drug-likeness (QED) is 0.807. The second-order valence-corrected chi connectivity index (χ2v) is 7.52. The first-order valence-corrected chi connectivity index (χ1v) is 9.52. The highest BCUT2D eigenvalue weighted by Gasteiger charge is 2.31. The summed E-state index contributed by atoms with van der Waals surface area (Å²) in [4.78, 5) is 30.1. The SMILES string of the molecule is CC(=O)N1CCC(C(=O)N2CCN(Cc3ccc(F)cc3Cl)CC2)CC1. The molecule has 0 N–H and O–H groups in total. The number of hydrogen-bond donors (Lipinski definition) is 0. The van der Waals surface area contributed by atoms with Crippen LogP contribution in [0.3, 0.4) is 0 Å². The molecule has 3 rings (SSSR count). The second kappa shape index (κ2) is 8.35. The van der Waals surface area contributed by atoms with Crippen LogP contribution in [0.25, 0.3) is 0 Å². The van der Waals surface area contributed by atoms with Gasteiger partial charge < -0.3 is 9.80 Å². The van der Waals surface area contributed by atoms with Gasteiger partial charge in [0.05, 0.1) is 0 Å². The van der Waals surface area contributed by atoms with E-state index in [1.54, 1.807) is 13.0 Å². The van der Waals surface area contributed by atoms with E-state index in [4.69, 9.17) is 11.6 Å². The Labute approximate surface area is 158 Å². The second-order valence-electron chi connectivity index (χ2n) is 7.12. The third kappa shape index (κ3) is 4.54. The Bertz CT molecular complexity index is 669. The zero-order valence-electron chi connectivity index (χ0n) is 15.1. The van der Waals surface area contributed by atoms with Gasteiger partial charge in [0.1, 0.15) is 5.82 Å². The van der Waals surface area contributed by atoms with Crippen LogP contribution in [-0.2, 0) is 16.1 Å². The van der Waals surface area contributed by atoms with E-state index in [1.807, 2.05) is 9.80 Å². The number of halogens is 2. The number of hydrogen-bond acceptors (Lipinski definition) is 3. The van der Waals surface area contributed by atoms with Crippen molar-refractivity contribution in [3.8, 4) is 0 Å². The lowest BCUT2D eigenvalue weighted by Gasteiger charge is -2.38. The van der Waals surface area contributed by atoms with Crippen LogP contribution in [0.15, 0.2) is 18.2 Å². The van der Waals surface area contributed by atoms with Crippen LogP contribution in [0.2, 0.25) is 5.02 Å². The predicted molar refractivity (Wildman–Crippen MR) is 98.2 cm³/mol. The van der Waals surface area contributed by atoms with E-state index in [0.29, 0.717) is 37.7 Å². The number of amides is 2. The minimum atomic E-state index is -0.329. The fraction of sp³-hybridized carbons (Fsp3) is 0.579. The van der Waals surface area contributed by atoms with Crippen molar-refractivity contribution >= 4 is 23.4 Å². The average molecular weight is 382 g/mol. The van der Waals surface area contributed by atoms with E-state index in [-0.39, 0.29) is 23.5 Å². The van der Waals surface area contributed by atoms with Gasteiger partial charge in [-0.3, -0.25) is 14.5 Å². The Morgan fingerprint density at radius 2 is 1.73 bits per heavy atom. The van der Waals surface area contributed by atoms with Gasteiger partial charge in [-0.15, -0.1) is 0 Å². The molecule has 26 heavy (non-hydrogen) atoms. The predicted octanol–water partition coefficient (Wildman–Crippen LogP) is 2.38. The number of piperazine rings is 1. The summed E-state index contributed by atoms with van der Waals surface area (Å²) >= 11 is 6.10. The molecule has 0 radical (unpaired) electrons. The van der Waals surface area contributed by atoms with Crippen molar-refractivity contribution in [3.63, 3.8) is 0 Å². The molecule has 0 saturated carbocycles. The van der Waals surface area contributed by atoms with Gasteiger partial charge in [-0.25, -0.2) is 4.39 Å². The number of nitrogens with zero attached hydrogens (tertiary/aromatic N) is 3. The van der Waals surface area contributed by atoms with Crippen LogP contribution in [0.4, 0.5) is 4.39 Å². The summed E-state index contributed by atoms with van der Waals surface area (Å²) in [6, 6.07) is 4.48. The molecule has 2 aliphatic heterocycles. The van der Waals surface area contributed by atoms with Crippen LogP contribution in [0.5, 0.6) is 0 Å².